The Kier molecular flexibility index (Phi) is 8.72. The predicted octanol–water partition coefficient (Wildman–Crippen LogP) is 0.842. The van der Waals surface area contributed by atoms with E-state index in [4.69, 9.17) is 19.7 Å². The maximum Gasteiger partial charge on any atom is 0.410 e. The van der Waals surface area contributed by atoms with Crippen LogP contribution in [-0.4, -0.2) is 84.3 Å². The third-order valence-electron chi connectivity index (χ3n) is 2.42. The summed E-state index contributed by atoms with van der Waals surface area (Å²) in [5, 5.41) is 17.6. The van der Waals surface area contributed by atoms with Crippen molar-refractivity contribution in [1.82, 2.24) is 9.80 Å². The van der Waals surface area contributed by atoms with Gasteiger partial charge in [-0.1, -0.05) is 0 Å². The second-order valence-electron chi connectivity index (χ2n) is 5.51. The number of nitrogens with zero attached hydrogens (tertiary/aromatic N) is 2. The number of rotatable bonds is 8. The molecule has 0 heterocycles. The van der Waals surface area contributed by atoms with Gasteiger partial charge in [0.25, 0.3) is 0 Å². The Labute approximate surface area is 125 Å². The van der Waals surface area contributed by atoms with Gasteiger partial charge in [0.2, 0.25) is 0 Å². The quantitative estimate of drug-likeness (QED) is 0.645. The average Bonchev–Trinajstić information content (AvgIpc) is 2.35. The summed E-state index contributed by atoms with van der Waals surface area (Å²) in [6, 6.07) is 0. The summed E-state index contributed by atoms with van der Waals surface area (Å²) in [4.78, 5) is 25.3. The van der Waals surface area contributed by atoms with E-state index >= 15 is 0 Å². The highest BCUT2D eigenvalue weighted by molar-refractivity contribution is 5.68. The van der Waals surface area contributed by atoms with Gasteiger partial charge in [-0.15, -0.1) is 0 Å². The van der Waals surface area contributed by atoms with Crippen LogP contribution in [0, 0.1) is 0 Å². The lowest BCUT2D eigenvalue weighted by Crippen LogP contribution is -2.42. The van der Waals surface area contributed by atoms with Gasteiger partial charge in [-0.2, -0.15) is 0 Å². The fraction of sp³-hybridized carbons (Fsp3) is 0.846. The molecule has 124 valence electrons. The smallest absolute Gasteiger partial charge is 0.410 e. The predicted molar refractivity (Wildman–Crippen MR) is 76.4 cm³/mol. The molecule has 0 saturated carbocycles. The molecule has 0 fully saturated rings. The fourth-order valence-corrected chi connectivity index (χ4v) is 1.35. The first kappa shape index (κ1) is 19.5. The Balaban J connectivity index is 4.17. The summed E-state index contributed by atoms with van der Waals surface area (Å²) in [6.07, 6.45) is -1.58. The molecule has 0 aromatic heterocycles. The topological polar surface area (TPSA) is 99.5 Å². The minimum absolute atomic E-state index is 0.103. The first-order valence-corrected chi connectivity index (χ1v) is 6.78. The molecule has 8 nitrogen and oxygen atoms in total. The first-order valence-electron chi connectivity index (χ1n) is 6.78. The summed E-state index contributed by atoms with van der Waals surface area (Å²) >= 11 is 0. The summed E-state index contributed by atoms with van der Waals surface area (Å²) in [7, 11) is 1.55. The third-order valence-corrected chi connectivity index (χ3v) is 2.42. The van der Waals surface area contributed by atoms with Gasteiger partial charge in [-0.25, -0.2) is 9.59 Å². The highest BCUT2D eigenvalue weighted by Crippen LogP contribution is 2.09. The monoisotopic (exact) mass is 306 g/mol. The van der Waals surface area contributed by atoms with Crippen LogP contribution >= 0.6 is 0 Å². The SMILES string of the molecule is CN(CCN(CCOCCO)C(=O)O)C(=O)OC(C)(C)C. The van der Waals surface area contributed by atoms with Crippen LogP contribution in [-0.2, 0) is 9.47 Å². The number of hydrogen-bond donors (Lipinski definition) is 2. The van der Waals surface area contributed by atoms with Crippen molar-refractivity contribution in [1.29, 1.82) is 0 Å². The van der Waals surface area contributed by atoms with Crippen molar-refractivity contribution in [3.63, 3.8) is 0 Å². The molecule has 8 heteroatoms. The van der Waals surface area contributed by atoms with E-state index in [0.29, 0.717) is 0 Å². The number of aliphatic hydroxyl groups excluding tert-OH is 1. The highest BCUT2D eigenvalue weighted by atomic mass is 16.6. The molecule has 0 saturated heterocycles. The van der Waals surface area contributed by atoms with E-state index in [-0.39, 0.29) is 39.5 Å². The molecule has 0 radical (unpaired) electrons. The number of carbonyl (C=O) groups is 2. The van der Waals surface area contributed by atoms with Gasteiger partial charge in [-0.05, 0) is 20.8 Å². The van der Waals surface area contributed by atoms with Crippen molar-refractivity contribution in [2.45, 2.75) is 26.4 Å². The van der Waals surface area contributed by atoms with Crippen molar-refractivity contribution in [2.24, 2.45) is 0 Å². The lowest BCUT2D eigenvalue weighted by atomic mass is 10.2. The summed E-state index contributed by atoms with van der Waals surface area (Å²) in [6.45, 7) is 6.12. The van der Waals surface area contributed by atoms with Crippen molar-refractivity contribution in [3.05, 3.63) is 0 Å². The van der Waals surface area contributed by atoms with E-state index in [2.05, 4.69) is 0 Å². The molecule has 0 bridgehead atoms. The Hall–Kier alpha value is -1.54. The molecule has 0 spiro atoms. The Morgan fingerprint density at radius 3 is 2.19 bits per heavy atom. The number of ether oxygens (including phenoxy) is 2. The zero-order valence-electron chi connectivity index (χ0n) is 13.2. The first-order chi connectivity index (χ1) is 9.67. The standard InChI is InChI=1S/C13H26N2O6/c1-13(2,3)21-12(19)14(4)5-6-15(11(17)18)7-9-20-10-8-16/h16H,5-10H2,1-4H3,(H,17,18). The largest absolute Gasteiger partial charge is 0.465 e. The van der Waals surface area contributed by atoms with Gasteiger partial charge in [0, 0.05) is 26.7 Å². The number of likely N-dealkylation sites (N-methyl/N-ethyl adjacent to an activating group) is 1. The molecular weight excluding hydrogens is 280 g/mol. The molecule has 2 amide bonds. The molecule has 21 heavy (non-hydrogen) atoms. The number of hydrogen-bond acceptors (Lipinski definition) is 5. The molecule has 0 rings (SSSR count). The fourth-order valence-electron chi connectivity index (χ4n) is 1.35. The maximum absolute atomic E-state index is 11.7. The minimum atomic E-state index is -1.08. The molecule has 0 aromatic carbocycles. The second-order valence-corrected chi connectivity index (χ2v) is 5.51. The molecule has 0 aliphatic heterocycles. The lowest BCUT2D eigenvalue weighted by Gasteiger charge is -2.26. The van der Waals surface area contributed by atoms with Gasteiger partial charge >= 0.3 is 12.2 Å². The van der Waals surface area contributed by atoms with E-state index in [1.165, 1.54) is 4.90 Å². The lowest BCUT2D eigenvalue weighted by molar-refractivity contribution is 0.0271. The molecule has 0 atom stereocenters. The van der Waals surface area contributed by atoms with Gasteiger partial charge < -0.3 is 29.5 Å². The van der Waals surface area contributed by atoms with Crippen LogP contribution in [0.4, 0.5) is 9.59 Å². The van der Waals surface area contributed by atoms with Crippen molar-refractivity contribution >= 4 is 12.2 Å². The average molecular weight is 306 g/mol. The van der Waals surface area contributed by atoms with Crippen LogP contribution in [0.2, 0.25) is 0 Å². The number of aliphatic hydroxyl groups is 1. The summed E-state index contributed by atoms with van der Waals surface area (Å²) in [5.41, 5.74) is -0.587. The normalized spacial score (nSPS) is 11.1. The number of carboxylic acid groups (broad SMARTS) is 1. The zero-order chi connectivity index (χ0) is 16.5. The van der Waals surface area contributed by atoms with Crippen LogP contribution in [0.25, 0.3) is 0 Å². The van der Waals surface area contributed by atoms with E-state index in [0.717, 1.165) is 4.90 Å². The highest BCUT2D eigenvalue weighted by Gasteiger charge is 2.20. The Morgan fingerprint density at radius 2 is 1.71 bits per heavy atom. The van der Waals surface area contributed by atoms with Crippen LogP contribution in [0.1, 0.15) is 20.8 Å². The third kappa shape index (κ3) is 9.91. The molecule has 0 aliphatic carbocycles. The zero-order valence-corrected chi connectivity index (χ0v) is 13.2. The Bertz CT molecular complexity index is 329. The van der Waals surface area contributed by atoms with Crippen LogP contribution in [0.5, 0.6) is 0 Å². The molecule has 2 N–H and O–H groups in total. The molecule has 0 aromatic rings. The summed E-state index contributed by atoms with van der Waals surface area (Å²) in [5.74, 6) is 0. The molecule has 0 aliphatic rings. The summed E-state index contributed by atoms with van der Waals surface area (Å²) < 4.78 is 10.2. The molecular formula is C13H26N2O6. The van der Waals surface area contributed by atoms with Crippen molar-refractivity contribution in [2.75, 3.05) is 46.5 Å². The van der Waals surface area contributed by atoms with Crippen molar-refractivity contribution in [3.8, 4) is 0 Å². The minimum Gasteiger partial charge on any atom is -0.465 e. The van der Waals surface area contributed by atoms with Crippen LogP contribution in [0.15, 0.2) is 0 Å². The van der Waals surface area contributed by atoms with Gasteiger partial charge in [0.05, 0.1) is 19.8 Å². The number of amides is 2. The van der Waals surface area contributed by atoms with Gasteiger partial charge in [-0.3, -0.25) is 0 Å². The van der Waals surface area contributed by atoms with Crippen LogP contribution < -0.4 is 0 Å². The number of carbonyl (C=O) groups excluding carboxylic acids is 1. The van der Waals surface area contributed by atoms with Gasteiger partial charge in [0.1, 0.15) is 5.60 Å². The van der Waals surface area contributed by atoms with Crippen LogP contribution in [0.3, 0.4) is 0 Å². The molecule has 0 unspecified atom stereocenters. The second kappa shape index (κ2) is 9.41. The van der Waals surface area contributed by atoms with E-state index in [9.17, 15) is 9.59 Å². The van der Waals surface area contributed by atoms with Gasteiger partial charge in [0.15, 0.2) is 0 Å². The van der Waals surface area contributed by atoms with E-state index in [1.54, 1.807) is 27.8 Å². The Morgan fingerprint density at radius 1 is 1.10 bits per heavy atom. The van der Waals surface area contributed by atoms with Crippen molar-refractivity contribution < 1.29 is 29.3 Å². The van der Waals surface area contributed by atoms with E-state index in [1.807, 2.05) is 0 Å². The van der Waals surface area contributed by atoms with E-state index < -0.39 is 17.8 Å². The maximum atomic E-state index is 11.7.